The van der Waals surface area contributed by atoms with Crippen molar-refractivity contribution in [3.05, 3.63) is 299 Å². The molecule has 11 rings (SSSR count). The summed E-state index contributed by atoms with van der Waals surface area (Å²) in [6.07, 6.45) is -31.3. The van der Waals surface area contributed by atoms with E-state index in [0.717, 1.165) is 35.3 Å². The lowest BCUT2D eigenvalue weighted by molar-refractivity contribution is -0.461. The molecule has 3 saturated heterocycles. The van der Waals surface area contributed by atoms with Gasteiger partial charge in [0.15, 0.2) is 31.1 Å². The molecule has 0 radical (unpaired) electrons. The number of carbonyl (C=O) groups is 2. The fourth-order valence-corrected chi connectivity index (χ4v) is 14.2. The number of hydrogen-bond acceptors (Lipinski definition) is 19. The lowest BCUT2D eigenvalue weighted by atomic mass is 9.88. The van der Waals surface area contributed by atoms with Gasteiger partial charge in [0, 0.05) is 26.9 Å². The highest BCUT2D eigenvalue weighted by atomic mass is 19.4. The predicted octanol–water partition coefficient (Wildman–Crippen LogP) is 18.8. The predicted molar refractivity (Wildman–Crippen MR) is 426 cm³/mol. The van der Waals surface area contributed by atoms with E-state index in [9.17, 15) is 75.4 Å². The highest BCUT2D eigenvalue weighted by molar-refractivity contribution is 5.66. The monoisotopic (exact) mass is 1840 g/mol. The molecule has 3 aliphatic rings. The zero-order chi connectivity index (χ0) is 92.5. The van der Waals surface area contributed by atoms with E-state index >= 15 is 8.78 Å². The summed E-state index contributed by atoms with van der Waals surface area (Å²) in [4.78, 5) is 27.8. The second-order valence-electron chi connectivity index (χ2n) is 30.4. The minimum Gasteiger partial charge on any atom is -0.454 e. The van der Waals surface area contributed by atoms with E-state index in [1.54, 1.807) is 91.0 Å². The van der Waals surface area contributed by atoms with Gasteiger partial charge in [-0.1, -0.05) is 255 Å². The van der Waals surface area contributed by atoms with Gasteiger partial charge >= 0.3 is 59.6 Å². The van der Waals surface area contributed by atoms with Gasteiger partial charge in [0.2, 0.25) is 0 Å². The Morgan fingerprint density at radius 3 is 0.915 bits per heavy atom. The van der Waals surface area contributed by atoms with Crippen molar-refractivity contribution >= 4 is 11.9 Å². The molecule has 8 aromatic rings. The lowest BCUT2D eigenvalue weighted by Crippen LogP contribution is -2.74. The molecule has 15 atom stereocenters. The van der Waals surface area contributed by atoms with Gasteiger partial charge in [-0.2, -0.15) is 74.6 Å². The summed E-state index contributed by atoms with van der Waals surface area (Å²) < 4.78 is 355. The van der Waals surface area contributed by atoms with Gasteiger partial charge in [-0.25, -0.2) is 0 Å². The molecular weight excluding hydrogens is 1740 g/mol. The molecule has 8 aromatic carbocycles. The first-order valence-electron chi connectivity index (χ1n) is 40.9. The molecule has 0 aliphatic carbocycles. The maximum atomic E-state index is 15.1. The molecule has 3 heterocycles. The third kappa shape index (κ3) is 25.9. The molecule has 36 heteroatoms. The second kappa shape index (κ2) is 46.1. The van der Waals surface area contributed by atoms with E-state index in [0.29, 0.717) is 22.3 Å². The molecule has 0 unspecified atom stereocenters. The summed E-state index contributed by atoms with van der Waals surface area (Å²) in [6.45, 7) is -1.86. The quantitative estimate of drug-likeness (QED) is 0.0151. The van der Waals surface area contributed by atoms with Gasteiger partial charge in [0.05, 0.1) is 85.9 Å². The fraction of sp³-hybridized carbons (Fsp3) is 0.441. The number of esters is 2. The average molecular weight is 1840 g/mol. The summed E-state index contributed by atoms with van der Waals surface area (Å²) in [5, 5.41) is 0. The van der Waals surface area contributed by atoms with Gasteiger partial charge < -0.3 is 80.5 Å². The number of hydrogen-bond donors (Lipinski definition) is 0. The van der Waals surface area contributed by atoms with Gasteiger partial charge in [-0.3, -0.25) is 9.59 Å². The van der Waals surface area contributed by atoms with Crippen LogP contribution in [0.4, 0.5) is 74.6 Å². The molecule has 0 N–H and O–H groups in total. The van der Waals surface area contributed by atoms with E-state index in [-0.39, 0.29) is 66.1 Å². The Labute approximate surface area is 732 Å². The topological polar surface area (TPSA) is 191 Å². The highest BCUT2D eigenvalue weighted by Crippen LogP contribution is 2.64. The van der Waals surface area contributed by atoms with Crippen LogP contribution in [-0.2, 0) is 143 Å². The second-order valence-corrected chi connectivity index (χ2v) is 30.4. The number of benzene rings is 8. The van der Waals surface area contributed by atoms with E-state index in [2.05, 4.69) is 0 Å². The summed E-state index contributed by atoms with van der Waals surface area (Å²) >= 11 is 0. The van der Waals surface area contributed by atoms with Crippen LogP contribution in [0.15, 0.2) is 255 Å². The molecule has 19 nitrogen and oxygen atoms in total. The van der Waals surface area contributed by atoms with E-state index in [1.165, 1.54) is 13.0 Å². The van der Waals surface area contributed by atoms with E-state index in [1.807, 2.05) is 152 Å². The van der Waals surface area contributed by atoms with Crippen LogP contribution in [0.5, 0.6) is 0 Å². The zero-order valence-corrected chi connectivity index (χ0v) is 69.4. The number of alkyl halides is 17. The third-order valence-corrected chi connectivity index (χ3v) is 20.9. The largest absolute Gasteiger partial charge is 0.460 e. The van der Waals surface area contributed by atoms with Crippen molar-refractivity contribution in [2.24, 2.45) is 0 Å². The first-order chi connectivity index (χ1) is 61.6. The maximum Gasteiger partial charge on any atom is 0.460 e. The summed E-state index contributed by atoms with van der Waals surface area (Å²) in [6, 6.07) is 72.2. The Hall–Kier alpha value is -9.35. The number of halogens is 17. The summed E-state index contributed by atoms with van der Waals surface area (Å²) in [5.74, 6) is -59.1. The Balaban J connectivity index is 0.966. The van der Waals surface area contributed by atoms with E-state index in [4.69, 9.17) is 80.5 Å². The number of carbonyl (C=O) groups excluding carboxylic acids is 2. The molecule has 0 aromatic heterocycles. The Morgan fingerprint density at radius 2 is 0.566 bits per heavy atom. The van der Waals surface area contributed by atoms with Crippen molar-refractivity contribution in [3.8, 4) is 0 Å². The molecule has 3 aliphatic heterocycles. The first kappa shape index (κ1) is 100. The standard InChI is InChI=1S/C93H95F17O19/c1-61(111)124-81-77(120-55-68-40-21-8-22-41-68)74(117-52-65-34-15-5-16-35-65)71(58-114-50-63-30-11-3-12-31-63)126-84(81)123-60-73-76(119-54-67-38-19-7-20-39-67)79(129-85-82(125-62(2)112)78(121-56-69-42-23-9-24-43-69)75(118-53-66-36-17-6-18-37-66)72(128-85)59-115-51-64-32-13-4-14-33-64)80(122-57-70-44-25-10-26-45-70)83(127-73)116-49-28-27-47-113-48-29-46-86(94,95)87(96,97)88(98,99)89(100,101)90(102,103)91(104,105)92(106,107)93(108,109)110/h3-28,30-45,71-85H,29,46-60H2,1-2H3/b28-27-/t71-,72-,73-,74-,75-,76-,77+,78+,79+,80+,81+,82+,83-,84+,85-/m1/s1. The van der Waals surface area contributed by atoms with Crippen LogP contribution in [0.1, 0.15) is 71.2 Å². The minimum atomic E-state index is -8.78. The van der Waals surface area contributed by atoms with Crippen LogP contribution in [0.2, 0.25) is 0 Å². The zero-order valence-electron chi connectivity index (χ0n) is 69.4. The Bertz CT molecular complexity index is 4670. The van der Waals surface area contributed by atoms with Crippen molar-refractivity contribution in [2.45, 2.75) is 219 Å². The molecule has 0 saturated carbocycles. The molecule has 3 fully saturated rings. The van der Waals surface area contributed by atoms with Crippen molar-refractivity contribution in [2.75, 3.05) is 39.6 Å². The lowest BCUT2D eigenvalue weighted by Gasteiger charge is -2.50. The van der Waals surface area contributed by atoms with Gasteiger partial charge in [-0.05, 0) is 50.9 Å². The van der Waals surface area contributed by atoms with Gasteiger partial charge in [0.25, 0.3) is 0 Å². The van der Waals surface area contributed by atoms with Crippen LogP contribution in [0, 0.1) is 0 Å². The highest BCUT2D eigenvalue weighted by Gasteiger charge is 2.95. The molecule has 700 valence electrons. The summed E-state index contributed by atoms with van der Waals surface area (Å²) in [5.41, 5.74) is 5.58. The van der Waals surface area contributed by atoms with Crippen LogP contribution in [0.3, 0.4) is 0 Å². The van der Waals surface area contributed by atoms with Gasteiger partial charge in [-0.15, -0.1) is 0 Å². The number of ether oxygens (including phenoxy) is 17. The molecule has 0 spiro atoms. The summed E-state index contributed by atoms with van der Waals surface area (Å²) in [7, 11) is 0. The molecule has 0 bridgehead atoms. The molecule has 129 heavy (non-hydrogen) atoms. The van der Waals surface area contributed by atoms with Crippen molar-refractivity contribution < 1.29 is 165 Å². The van der Waals surface area contributed by atoms with Crippen LogP contribution in [-0.4, -0.2) is 191 Å². The Kier molecular flexibility index (Phi) is 35.8. The van der Waals surface area contributed by atoms with Crippen molar-refractivity contribution in [3.63, 3.8) is 0 Å². The van der Waals surface area contributed by atoms with Gasteiger partial charge in [0.1, 0.15) is 61.0 Å². The number of rotatable bonds is 48. The van der Waals surface area contributed by atoms with E-state index < -0.39 is 191 Å². The van der Waals surface area contributed by atoms with Crippen LogP contribution < -0.4 is 0 Å². The molecular formula is C93H95F17O19. The van der Waals surface area contributed by atoms with Crippen molar-refractivity contribution in [1.82, 2.24) is 0 Å². The Morgan fingerprint density at radius 1 is 0.287 bits per heavy atom. The minimum absolute atomic E-state index is 0.00734. The third-order valence-electron chi connectivity index (χ3n) is 20.9. The molecule has 0 amide bonds. The van der Waals surface area contributed by atoms with Crippen LogP contribution >= 0.6 is 0 Å². The van der Waals surface area contributed by atoms with Crippen molar-refractivity contribution in [1.29, 1.82) is 0 Å². The van der Waals surface area contributed by atoms with Crippen LogP contribution in [0.25, 0.3) is 0 Å². The maximum absolute atomic E-state index is 15.1. The SMILES string of the molecule is CC(=O)O[C@@H]1[C@@H](OC[C@H]2O[C@@H](OC/C=C\COCCCC(F)(F)C(F)(F)C(F)(F)C(F)(F)C(F)(F)C(F)(F)C(F)(F)C(F)(F)F)[C@@H](OCc3ccccc3)[C@@H](O[C@H]3O[C@H](COCc4ccccc4)[C@@H](OCc4ccccc4)[C@H](OCc4ccccc4)[C@@H]3OC(C)=O)[C@@H]2OCc2ccccc2)O[C@H](COCc2ccccc2)[C@@H](OCc2ccccc2)[C@@H]1OCc1ccccc1. The first-order valence-corrected chi connectivity index (χ1v) is 40.9. The fourth-order valence-electron chi connectivity index (χ4n) is 14.2. The normalized spacial score (nSPS) is 23.4. The smallest absolute Gasteiger partial charge is 0.454 e. The average Bonchev–Trinajstić information content (AvgIpc) is 0.693.